The predicted octanol–water partition coefficient (Wildman–Crippen LogP) is 2.24. The third-order valence-corrected chi connectivity index (χ3v) is 2.27. The molecule has 3 nitrogen and oxygen atoms in total. The van der Waals surface area contributed by atoms with Crippen LogP contribution in [-0.4, -0.2) is 15.6 Å². The summed E-state index contributed by atoms with van der Waals surface area (Å²) in [4.78, 5) is 10.7. The largest absolute Gasteiger partial charge is 0.478 e. The topological polar surface area (TPSA) is 42.2 Å². The molecule has 2 aromatic rings. The molecule has 0 aliphatic heterocycles. The van der Waals surface area contributed by atoms with Gasteiger partial charge in [0.2, 0.25) is 0 Å². The first kappa shape index (κ1) is 11.0. The van der Waals surface area contributed by atoms with Crippen LogP contribution >= 0.6 is 0 Å². The SMILES string of the molecule is O=C(O)c1ccn(CC#Cc2ccccc2)c1. The molecule has 0 amide bonds. The van der Waals surface area contributed by atoms with Gasteiger partial charge in [0, 0.05) is 18.0 Å². The van der Waals surface area contributed by atoms with E-state index in [-0.39, 0.29) is 5.56 Å². The Morgan fingerprint density at radius 1 is 1.24 bits per heavy atom. The molecule has 3 heteroatoms. The van der Waals surface area contributed by atoms with Crippen molar-refractivity contribution in [2.45, 2.75) is 6.54 Å². The van der Waals surface area contributed by atoms with Crippen LogP contribution in [0.1, 0.15) is 15.9 Å². The Bertz CT molecular complexity index is 573. The summed E-state index contributed by atoms with van der Waals surface area (Å²) in [6.45, 7) is 0.488. The van der Waals surface area contributed by atoms with Crippen molar-refractivity contribution in [3.8, 4) is 11.8 Å². The number of aromatic carboxylic acids is 1. The fourth-order valence-electron chi connectivity index (χ4n) is 1.42. The third-order valence-electron chi connectivity index (χ3n) is 2.27. The fraction of sp³-hybridized carbons (Fsp3) is 0.0714. The highest BCUT2D eigenvalue weighted by Gasteiger charge is 2.02. The van der Waals surface area contributed by atoms with Gasteiger partial charge in [0.15, 0.2) is 0 Å². The minimum absolute atomic E-state index is 0.284. The Labute approximate surface area is 99.3 Å². The standard InChI is InChI=1S/C14H11NO2/c16-14(17)13-8-10-15(11-13)9-4-7-12-5-2-1-3-6-12/h1-3,5-6,8,10-11H,9H2,(H,16,17). The second kappa shape index (κ2) is 5.04. The van der Waals surface area contributed by atoms with Gasteiger partial charge in [-0.1, -0.05) is 30.0 Å². The lowest BCUT2D eigenvalue weighted by Gasteiger charge is -1.93. The lowest BCUT2D eigenvalue weighted by molar-refractivity contribution is 0.0697. The molecule has 0 fully saturated rings. The van der Waals surface area contributed by atoms with Crippen LogP contribution in [0.4, 0.5) is 0 Å². The normalized spacial score (nSPS) is 9.41. The number of aromatic nitrogens is 1. The van der Waals surface area contributed by atoms with Gasteiger partial charge in [0.05, 0.1) is 12.1 Å². The Kier molecular flexibility index (Phi) is 3.27. The Balaban J connectivity index is 2.03. The van der Waals surface area contributed by atoms with E-state index in [1.807, 2.05) is 30.3 Å². The Morgan fingerprint density at radius 3 is 2.65 bits per heavy atom. The van der Waals surface area contributed by atoms with Crippen LogP contribution in [0.15, 0.2) is 48.8 Å². The van der Waals surface area contributed by atoms with Crippen molar-refractivity contribution in [3.63, 3.8) is 0 Å². The third kappa shape index (κ3) is 2.99. The molecular formula is C14H11NO2. The summed E-state index contributed by atoms with van der Waals surface area (Å²) in [5.41, 5.74) is 1.24. The van der Waals surface area contributed by atoms with Crippen molar-refractivity contribution in [1.82, 2.24) is 4.57 Å². The van der Waals surface area contributed by atoms with Crippen molar-refractivity contribution in [2.24, 2.45) is 0 Å². The van der Waals surface area contributed by atoms with Crippen LogP contribution in [-0.2, 0) is 6.54 Å². The van der Waals surface area contributed by atoms with Gasteiger partial charge in [0.1, 0.15) is 0 Å². The number of nitrogens with zero attached hydrogens (tertiary/aromatic N) is 1. The highest BCUT2D eigenvalue weighted by atomic mass is 16.4. The molecule has 84 valence electrons. The molecule has 1 aromatic carbocycles. The molecule has 0 atom stereocenters. The van der Waals surface area contributed by atoms with Crippen LogP contribution in [0.2, 0.25) is 0 Å². The molecule has 1 aromatic heterocycles. The zero-order chi connectivity index (χ0) is 12.1. The summed E-state index contributed by atoms with van der Waals surface area (Å²) in [6, 6.07) is 11.2. The predicted molar refractivity (Wildman–Crippen MR) is 64.7 cm³/mol. The minimum atomic E-state index is -0.917. The molecule has 2 rings (SSSR count). The fourth-order valence-corrected chi connectivity index (χ4v) is 1.42. The van der Waals surface area contributed by atoms with Crippen LogP contribution in [0.5, 0.6) is 0 Å². The van der Waals surface area contributed by atoms with Crippen LogP contribution < -0.4 is 0 Å². The first-order valence-corrected chi connectivity index (χ1v) is 5.19. The highest BCUT2D eigenvalue weighted by Crippen LogP contribution is 2.00. The van der Waals surface area contributed by atoms with E-state index in [0.29, 0.717) is 6.54 Å². The van der Waals surface area contributed by atoms with Crippen LogP contribution in [0.25, 0.3) is 0 Å². The molecule has 17 heavy (non-hydrogen) atoms. The van der Waals surface area contributed by atoms with Gasteiger partial charge < -0.3 is 9.67 Å². The highest BCUT2D eigenvalue weighted by molar-refractivity contribution is 5.87. The van der Waals surface area contributed by atoms with Crippen LogP contribution in [0, 0.1) is 11.8 Å². The number of carboxylic acids is 1. The maximum Gasteiger partial charge on any atom is 0.337 e. The summed E-state index contributed by atoms with van der Waals surface area (Å²) in [5.74, 6) is 5.09. The van der Waals surface area contributed by atoms with E-state index >= 15 is 0 Å². The average Bonchev–Trinajstić information content (AvgIpc) is 2.79. The first-order chi connectivity index (χ1) is 8.25. The van der Waals surface area contributed by atoms with Crippen molar-refractivity contribution >= 4 is 5.97 Å². The van der Waals surface area contributed by atoms with Crippen molar-refractivity contribution in [3.05, 3.63) is 59.9 Å². The van der Waals surface area contributed by atoms with E-state index in [1.165, 1.54) is 0 Å². The summed E-state index contributed by atoms with van der Waals surface area (Å²) < 4.78 is 1.75. The first-order valence-electron chi connectivity index (χ1n) is 5.19. The number of carbonyl (C=O) groups is 1. The molecule has 0 unspecified atom stereocenters. The number of rotatable bonds is 2. The molecular weight excluding hydrogens is 214 g/mol. The van der Waals surface area contributed by atoms with Gasteiger partial charge in [-0.2, -0.15) is 0 Å². The Morgan fingerprint density at radius 2 is 2.00 bits per heavy atom. The zero-order valence-electron chi connectivity index (χ0n) is 9.13. The molecule has 0 aliphatic carbocycles. The van der Waals surface area contributed by atoms with Gasteiger partial charge in [-0.05, 0) is 18.2 Å². The maximum atomic E-state index is 10.7. The van der Waals surface area contributed by atoms with E-state index in [1.54, 1.807) is 23.0 Å². The van der Waals surface area contributed by atoms with Crippen molar-refractivity contribution < 1.29 is 9.90 Å². The Hall–Kier alpha value is -2.47. The number of hydrogen-bond acceptors (Lipinski definition) is 1. The second-order valence-corrected chi connectivity index (χ2v) is 3.55. The van der Waals surface area contributed by atoms with E-state index < -0.39 is 5.97 Å². The minimum Gasteiger partial charge on any atom is -0.478 e. The van der Waals surface area contributed by atoms with Gasteiger partial charge in [0.25, 0.3) is 0 Å². The van der Waals surface area contributed by atoms with E-state index in [4.69, 9.17) is 5.11 Å². The molecule has 0 spiro atoms. The maximum absolute atomic E-state index is 10.7. The van der Waals surface area contributed by atoms with E-state index in [9.17, 15) is 4.79 Å². The number of benzene rings is 1. The molecule has 0 aliphatic rings. The van der Waals surface area contributed by atoms with Gasteiger partial charge >= 0.3 is 5.97 Å². The average molecular weight is 225 g/mol. The summed E-state index contributed by atoms with van der Waals surface area (Å²) in [5, 5.41) is 8.75. The van der Waals surface area contributed by atoms with Gasteiger partial charge in [-0.25, -0.2) is 4.79 Å². The van der Waals surface area contributed by atoms with E-state index in [0.717, 1.165) is 5.56 Å². The molecule has 1 heterocycles. The number of carboxylic acid groups (broad SMARTS) is 1. The lowest BCUT2D eigenvalue weighted by Crippen LogP contribution is -1.95. The summed E-state index contributed by atoms with van der Waals surface area (Å²) in [7, 11) is 0. The molecule has 0 radical (unpaired) electrons. The van der Waals surface area contributed by atoms with Crippen LogP contribution in [0.3, 0.4) is 0 Å². The van der Waals surface area contributed by atoms with Crippen molar-refractivity contribution in [1.29, 1.82) is 0 Å². The quantitative estimate of drug-likeness (QED) is 0.796. The number of hydrogen-bond donors (Lipinski definition) is 1. The van der Waals surface area contributed by atoms with E-state index in [2.05, 4.69) is 11.8 Å². The van der Waals surface area contributed by atoms with Gasteiger partial charge in [-0.15, -0.1) is 0 Å². The van der Waals surface area contributed by atoms with Gasteiger partial charge in [-0.3, -0.25) is 0 Å². The van der Waals surface area contributed by atoms with Crippen molar-refractivity contribution in [2.75, 3.05) is 0 Å². The molecule has 0 saturated carbocycles. The smallest absolute Gasteiger partial charge is 0.337 e. The second-order valence-electron chi connectivity index (χ2n) is 3.55. The summed E-state index contributed by atoms with van der Waals surface area (Å²) in [6.07, 6.45) is 3.28. The summed E-state index contributed by atoms with van der Waals surface area (Å²) >= 11 is 0. The molecule has 1 N–H and O–H groups in total. The molecule has 0 bridgehead atoms. The lowest BCUT2D eigenvalue weighted by atomic mass is 10.2. The monoisotopic (exact) mass is 225 g/mol. The zero-order valence-corrected chi connectivity index (χ0v) is 9.13. The molecule has 0 saturated heterocycles.